The first-order valence-corrected chi connectivity index (χ1v) is 14.9. The zero-order valence-electron chi connectivity index (χ0n) is 24.1. The lowest BCUT2D eigenvalue weighted by Gasteiger charge is -2.23. The molecule has 0 aliphatic carbocycles. The Labute approximate surface area is 237 Å². The molecule has 0 unspecified atom stereocenters. The summed E-state index contributed by atoms with van der Waals surface area (Å²) in [6.07, 6.45) is 2.85. The molecule has 208 valence electrons. The van der Waals surface area contributed by atoms with E-state index in [0.717, 1.165) is 39.3 Å². The zero-order chi connectivity index (χ0) is 29.2. The number of hydrogen-bond donors (Lipinski definition) is 1. The van der Waals surface area contributed by atoms with E-state index in [2.05, 4.69) is 47.1 Å². The third kappa shape index (κ3) is 6.51. The lowest BCUT2D eigenvalue weighted by Crippen LogP contribution is -2.29. The van der Waals surface area contributed by atoms with Gasteiger partial charge in [-0.2, -0.15) is 5.10 Å². The van der Waals surface area contributed by atoms with Crippen LogP contribution in [0.1, 0.15) is 55.1 Å². The average Bonchev–Trinajstić information content (AvgIpc) is 3.16. The SMILES string of the molecule is Cc1cc(C)cc(-n2c(C)cc(/C=N\NC(=O)c3ccc(CN(c4ccc(C)c(C)c4)S(C)(=O)=O)cc3)c2C)c1. The van der Waals surface area contributed by atoms with Crippen molar-refractivity contribution in [3.63, 3.8) is 0 Å². The maximum atomic E-state index is 12.7. The normalized spacial score (nSPS) is 11.7. The van der Waals surface area contributed by atoms with E-state index < -0.39 is 10.0 Å². The van der Waals surface area contributed by atoms with Gasteiger partial charge in [-0.1, -0.05) is 24.3 Å². The largest absolute Gasteiger partial charge is 0.318 e. The van der Waals surface area contributed by atoms with Gasteiger partial charge in [-0.15, -0.1) is 0 Å². The van der Waals surface area contributed by atoms with Gasteiger partial charge in [0, 0.05) is 28.2 Å². The van der Waals surface area contributed by atoms with E-state index in [1.807, 2.05) is 52.0 Å². The Kier molecular flexibility index (Phi) is 8.30. The second-order valence-electron chi connectivity index (χ2n) is 10.4. The number of nitrogens with zero attached hydrogens (tertiary/aromatic N) is 3. The van der Waals surface area contributed by atoms with E-state index in [1.165, 1.54) is 21.7 Å². The molecule has 0 aliphatic heterocycles. The van der Waals surface area contributed by atoms with Gasteiger partial charge in [0.2, 0.25) is 10.0 Å². The molecule has 0 saturated carbocycles. The molecule has 8 heteroatoms. The summed E-state index contributed by atoms with van der Waals surface area (Å²) in [5.41, 5.74) is 13.0. The predicted octanol–water partition coefficient (Wildman–Crippen LogP) is 6.06. The maximum Gasteiger partial charge on any atom is 0.271 e. The van der Waals surface area contributed by atoms with E-state index in [9.17, 15) is 13.2 Å². The van der Waals surface area contributed by atoms with Crippen LogP contribution in [0, 0.1) is 41.5 Å². The molecule has 1 amide bonds. The van der Waals surface area contributed by atoms with Gasteiger partial charge < -0.3 is 4.57 Å². The van der Waals surface area contributed by atoms with Gasteiger partial charge in [0.05, 0.1) is 24.7 Å². The van der Waals surface area contributed by atoms with Gasteiger partial charge in [-0.25, -0.2) is 13.8 Å². The number of sulfonamides is 1. The summed E-state index contributed by atoms with van der Waals surface area (Å²) in [7, 11) is -3.50. The second-order valence-corrected chi connectivity index (χ2v) is 12.3. The number of carbonyl (C=O) groups is 1. The highest BCUT2D eigenvalue weighted by Crippen LogP contribution is 2.24. The number of amides is 1. The highest BCUT2D eigenvalue weighted by molar-refractivity contribution is 7.92. The molecule has 4 rings (SSSR count). The molecule has 40 heavy (non-hydrogen) atoms. The smallest absolute Gasteiger partial charge is 0.271 e. The molecule has 0 bridgehead atoms. The summed E-state index contributed by atoms with van der Waals surface area (Å²) < 4.78 is 28.6. The van der Waals surface area contributed by atoms with Gasteiger partial charge in [-0.3, -0.25) is 9.10 Å². The second kappa shape index (κ2) is 11.5. The van der Waals surface area contributed by atoms with E-state index in [-0.39, 0.29) is 12.5 Å². The Morgan fingerprint density at radius 3 is 2.12 bits per heavy atom. The average molecular weight is 557 g/mol. The van der Waals surface area contributed by atoms with Crippen LogP contribution < -0.4 is 9.73 Å². The Morgan fingerprint density at radius 1 is 0.875 bits per heavy atom. The Morgan fingerprint density at radius 2 is 1.52 bits per heavy atom. The lowest BCUT2D eigenvalue weighted by molar-refractivity contribution is 0.0955. The molecule has 0 spiro atoms. The van der Waals surface area contributed by atoms with Crippen LogP contribution in [0.4, 0.5) is 5.69 Å². The minimum atomic E-state index is -3.50. The van der Waals surface area contributed by atoms with Crippen LogP contribution in [0.5, 0.6) is 0 Å². The van der Waals surface area contributed by atoms with E-state index in [4.69, 9.17) is 0 Å². The summed E-state index contributed by atoms with van der Waals surface area (Å²) in [4.78, 5) is 12.7. The summed E-state index contributed by atoms with van der Waals surface area (Å²) in [6.45, 7) is 12.4. The van der Waals surface area contributed by atoms with Crippen LogP contribution in [0.15, 0.2) is 71.8 Å². The van der Waals surface area contributed by atoms with Crippen LogP contribution in [0.2, 0.25) is 0 Å². The van der Waals surface area contributed by atoms with Crippen LogP contribution in [-0.2, 0) is 16.6 Å². The molecule has 1 aromatic heterocycles. The first-order valence-electron chi connectivity index (χ1n) is 13.1. The maximum absolute atomic E-state index is 12.7. The van der Waals surface area contributed by atoms with Gasteiger partial charge in [0.15, 0.2) is 0 Å². The Bertz CT molecular complexity index is 1680. The molecular weight excluding hydrogens is 520 g/mol. The van der Waals surface area contributed by atoms with Crippen molar-refractivity contribution in [1.82, 2.24) is 9.99 Å². The van der Waals surface area contributed by atoms with Crippen molar-refractivity contribution in [1.29, 1.82) is 0 Å². The number of aryl methyl sites for hydroxylation is 5. The molecule has 7 nitrogen and oxygen atoms in total. The summed E-state index contributed by atoms with van der Waals surface area (Å²) >= 11 is 0. The molecule has 0 fully saturated rings. The third-order valence-electron chi connectivity index (χ3n) is 7.03. The molecule has 0 atom stereocenters. The van der Waals surface area contributed by atoms with Crippen molar-refractivity contribution in [2.75, 3.05) is 10.6 Å². The monoisotopic (exact) mass is 556 g/mol. The topological polar surface area (TPSA) is 83.8 Å². The molecule has 0 saturated heterocycles. The fraction of sp³-hybridized carbons (Fsp3) is 0.250. The molecule has 0 aliphatic rings. The van der Waals surface area contributed by atoms with Gasteiger partial charge >= 0.3 is 0 Å². The van der Waals surface area contributed by atoms with Gasteiger partial charge in [-0.05, 0) is 112 Å². The number of hydrogen-bond acceptors (Lipinski definition) is 4. The van der Waals surface area contributed by atoms with E-state index >= 15 is 0 Å². The summed E-state index contributed by atoms with van der Waals surface area (Å²) in [5, 5.41) is 4.19. The molecular formula is C32H36N4O3S. The Balaban J connectivity index is 1.45. The minimum absolute atomic E-state index is 0.164. The van der Waals surface area contributed by atoms with Crippen LogP contribution >= 0.6 is 0 Å². The quantitative estimate of drug-likeness (QED) is 0.212. The standard InChI is InChI=1S/C32H36N4O3S/c1-21-14-22(2)16-31(15-21)36-25(5)18-29(26(36)6)19-33-34-32(37)28-11-9-27(10-12-28)20-35(40(7,38)39)30-13-8-23(3)24(4)17-30/h8-19H,20H2,1-7H3,(H,34,37)/b33-19-. The summed E-state index contributed by atoms with van der Waals surface area (Å²) in [5.74, 6) is -0.347. The highest BCUT2D eigenvalue weighted by Gasteiger charge is 2.19. The van der Waals surface area contributed by atoms with Crippen LogP contribution in [-0.4, -0.2) is 31.4 Å². The predicted molar refractivity (Wildman–Crippen MR) is 163 cm³/mol. The van der Waals surface area contributed by atoms with Crippen molar-refractivity contribution in [2.45, 2.75) is 48.1 Å². The molecule has 1 heterocycles. The van der Waals surface area contributed by atoms with Crippen molar-refractivity contribution < 1.29 is 13.2 Å². The number of nitrogens with one attached hydrogen (secondary N) is 1. The summed E-state index contributed by atoms with van der Waals surface area (Å²) in [6, 6.07) is 20.9. The van der Waals surface area contributed by atoms with E-state index in [0.29, 0.717) is 11.3 Å². The lowest BCUT2D eigenvalue weighted by atomic mass is 10.1. The van der Waals surface area contributed by atoms with Crippen molar-refractivity contribution in [2.24, 2.45) is 5.10 Å². The van der Waals surface area contributed by atoms with Crippen molar-refractivity contribution in [3.8, 4) is 5.69 Å². The molecule has 4 aromatic rings. The molecule has 3 aromatic carbocycles. The van der Waals surface area contributed by atoms with Crippen molar-refractivity contribution in [3.05, 3.63) is 117 Å². The fourth-order valence-corrected chi connectivity index (χ4v) is 5.71. The number of rotatable bonds is 8. The van der Waals surface area contributed by atoms with E-state index in [1.54, 1.807) is 30.5 Å². The number of carbonyl (C=O) groups excluding carboxylic acids is 1. The van der Waals surface area contributed by atoms with Gasteiger partial charge in [0.1, 0.15) is 0 Å². The number of aromatic nitrogens is 1. The van der Waals surface area contributed by atoms with Crippen LogP contribution in [0.3, 0.4) is 0 Å². The number of hydrazone groups is 1. The first-order chi connectivity index (χ1) is 18.8. The molecule has 1 N–H and O–H groups in total. The van der Waals surface area contributed by atoms with Gasteiger partial charge in [0.25, 0.3) is 5.91 Å². The number of benzene rings is 3. The fourth-order valence-electron chi connectivity index (χ4n) is 4.83. The zero-order valence-corrected chi connectivity index (χ0v) is 24.9. The Hall–Kier alpha value is -4.17. The molecule has 0 radical (unpaired) electrons. The number of anilines is 1. The highest BCUT2D eigenvalue weighted by atomic mass is 32.2. The van der Waals surface area contributed by atoms with Crippen LogP contribution in [0.25, 0.3) is 5.69 Å². The minimum Gasteiger partial charge on any atom is -0.318 e. The third-order valence-corrected chi connectivity index (χ3v) is 8.17. The van der Waals surface area contributed by atoms with Crippen molar-refractivity contribution >= 4 is 27.8 Å². The first kappa shape index (κ1) is 28.8.